The molecule has 0 spiro atoms. The van der Waals surface area contributed by atoms with Crippen molar-refractivity contribution >= 4 is 11.6 Å². The predicted molar refractivity (Wildman–Crippen MR) is 122 cm³/mol. The number of carbonyl (C=O) groups is 1. The highest BCUT2D eigenvalue weighted by Gasteiger charge is 2.23. The smallest absolute Gasteiger partial charge is 0.195 e. The lowest BCUT2D eigenvalue weighted by Crippen LogP contribution is -2.09. The molecule has 3 aromatic rings. The number of rotatable bonds is 5. The zero-order chi connectivity index (χ0) is 22.4. The van der Waals surface area contributed by atoms with Crippen molar-refractivity contribution in [3.63, 3.8) is 0 Å². The van der Waals surface area contributed by atoms with Gasteiger partial charge < -0.3 is 14.8 Å². The first-order chi connectivity index (χ1) is 15.1. The number of aryl methyl sites for hydroxylation is 3. The number of benzene rings is 1. The molecule has 2 aromatic heterocycles. The van der Waals surface area contributed by atoms with Crippen LogP contribution in [0, 0.1) is 6.92 Å². The molecule has 1 N–H and O–H groups in total. The van der Waals surface area contributed by atoms with Gasteiger partial charge in [0, 0.05) is 41.7 Å². The lowest BCUT2D eigenvalue weighted by molar-refractivity contribution is 0.103. The molecule has 1 aromatic carbocycles. The summed E-state index contributed by atoms with van der Waals surface area (Å²) in [6.45, 7) is 6.47. The van der Waals surface area contributed by atoms with Gasteiger partial charge in [0.05, 0.1) is 19.9 Å². The van der Waals surface area contributed by atoms with Crippen LogP contribution in [0.1, 0.15) is 52.2 Å². The predicted octanol–water partition coefficient (Wildman–Crippen LogP) is 4.77. The van der Waals surface area contributed by atoms with Crippen molar-refractivity contribution in [1.29, 1.82) is 0 Å². The number of nitrogens with zero attached hydrogens (tertiary/aromatic N) is 2. The van der Waals surface area contributed by atoms with Gasteiger partial charge in [-0.1, -0.05) is 13.8 Å². The Hall–Kier alpha value is -3.41. The standard InChI is InChI=1S/C23H23N3O3.C2H6/c1-14-8-19-20(24-11-14)7-5-15-12-25-22(10-18(15)23(19)27)26-13-16-4-6-17(28-2)9-21(16)29-3;1-2/h4,6,8-12H,5,7,13H2,1-3H3,(H,25,26);1-2H3. The van der Waals surface area contributed by atoms with Gasteiger partial charge in [-0.05, 0) is 55.2 Å². The molecule has 1 aliphatic carbocycles. The largest absolute Gasteiger partial charge is 0.497 e. The van der Waals surface area contributed by atoms with Gasteiger partial charge in [0.1, 0.15) is 17.3 Å². The van der Waals surface area contributed by atoms with Crippen LogP contribution in [-0.2, 0) is 19.4 Å². The minimum Gasteiger partial charge on any atom is -0.497 e. The Morgan fingerprint density at radius 1 is 0.968 bits per heavy atom. The molecule has 0 bridgehead atoms. The van der Waals surface area contributed by atoms with Crippen LogP contribution in [0.2, 0.25) is 0 Å². The molecule has 0 saturated heterocycles. The average molecular weight is 420 g/mol. The van der Waals surface area contributed by atoms with E-state index >= 15 is 0 Å². The normalized spacial score (nSPS) is 12.0. The summed E-state index contributed by atoms with van der Waals surface area (Å²) in [4.78, 5) is 22.1. The second-order valence-corrected chi connectivity index (χ2v) is 7.09. The second-order valence-electron chi connectivity index (χ2n) is 7.09. The fourth-order valence-electron chi connectivity index (χ4n) is 3.57. The Kier molecular flexibility index (Phi) is 7.23. The van der Waals surface area contributed by atoms with Gasteiger partial charge in [-0.15, -0.1) is 0 Å². The van der Waals surface area contributed by atoms with Crippen LogP contribution >= 0.6 is 0 Å². The summed E-state index contributed by atoms with van der Waals surface area (Å²) in [6, 6.07) is 9.45. The van der Waals surface area contributed by atoms with Crippen molar-refractivity contribution in [2.45, 2.75) is 40.2 Å². The number of nitrogens with one attached hydrogen (secondary N) is 1. The highest BCUT2D eigenvalue weighted by Crippen LogP contribution is 2.27. The molecular weight excluding hydrogens is 390 g/mol. The Morgan fingerprint density at radius 2 is 1.77 bits per heavy atom. The quantitative estimate of drug-likeness (QED) is 0.642. The first-order valence-corrected chi connectivity index (χ1v) is 10.5. The third kappa shape index (κ3) is 4.85. The molecule has 0 fully saturated rings. The molecular formula is C25H29N3O3. The number of ether oxygens (including phenoxy) is 2. The van der Waals surface area contributed by atoms with E-state index in [4.69, 9.17) is 9.47 Å². The minimum atomic E-state index is 0.0104. The number of hydrogen-bond donors (Lipinski definition) is 1. The van der Waals surface area contributed by atoms with Gasteiger partial charge in [-0.3, -0.25) is 9.78 Å². The second kappa shape index (κ2) is 10.1. The van der Waals surface area contributed by atoms with Crippen LogP contribution in [-0.4, -0.2) is 30.0 Å². The first-order valence-electron chi connectivity index (χ1n) is 10.5. The monoisotopic (exact) mass is 419 g/mol. The molecule has 6 heteroatoms. The molecule has 4 rings (SSSR count). The Balaban J connectivity index is 0.00000132. The van der Waals surface area contributed by atoms with Gasteiger partial charge in [0.25, 0.3) is 0 Å². The Labute approximate surface area is 183 Å². The number of pyridine rings is 2. The van der Waals surface area contributed by atoms with E-state index < -0.39 is 0 Å². The Morgan fingerprint density at radius 3 is 2.52 bits per heavy atom. The lowest BCUT2D eigenvalue weighted by atomic mass is 10.0. The van der Waals surface area contributed by atoms with Crippen molar-refractivity contribution < 1.29 is 14.3 Å². The summed E-state index contributed by atoms with van der Waals surface area (Å²) >= 11 is 0. The van der Waals surface area contributed by atoms with E-state index in [0.717, 1.165) is 46.7 Å². The number of hydrogen-bond acceptors (Lipinski definition) is 6. The Bertz CT molecular complexity index is 1080. The van der Waals surface area contributed by atoms with E-state index in [0.29, 0.717) is 23.5 Å². The zero-order valence-electron chi connectivity index (χ0n) is 18.8. The molecule has 0 saturated carbocycles. The summed E-state index contributed by atoms with van der Waals surface area (Å²) in [7, 11) is 3.25. The summed E-state index contributed by atoms with van der Waals surface area (Å²) < 4.78 is 10.7. The summed E-state index contributed by atoms with van der Waals surface area (Å²) in [5, 5.41) is 3.30. The van der Waals surface area contributed by atoms with E-state index in [1.165, 1.54) is 0 Å². The van der Waals surface area contributed by atoms with Crippen LogP contribution < -0.4 is 14.8 Å². The van der Waals surface area contributed by atoms with Gasteiger partial charge in [-0.2, -0.15) is 0 Å². The minimum absolute atomic E-state index is 0.0104. The summed E-state index contributed by atoms with van der Waals surface area (Å²) in [5.74, 6) is 2.13. The molecule has 2 heterocycles. The number of aromatic nitrogens is 2. The number of ketones is 1. The van der Waals surface area contributed by atoms with Crippen LogP contribution in [0.15, 0.2) is 42.7 Å². The molecule has 31 heavy (non-hydrogen) atoms. The van der Waals surface area contributed by atoms with Crippen LogP contribution in [0.3, 0.4) is 0 Å². The van der Waals surface area contributed by atoms with Gasteiger partial charge >= 0.3 is 0 Å². The SMILES string of the molecule is CC.COc1ccc(CNc2cc3c(cn2)CCc2ncc(C)cc2C3=O)c(OC)c1. The molecule has 0 amide bonds. The maximum Gasteiger partial charge on any atom is 0.195 e. The van der Waals surface area contributed by atoms with Gasteiger partial charge in [0.2, 0.25) is 0 Å². The van der Waals surface area contributed by atoms with Crippen molar-refractivity contribution in [2.75, 3.05) is 19.5 Å². The van der Waals surface area contributed by atoms with Crippen LogP contribution in [0.5, 0.6) is 11.5 Å². The summed E-state index contributed by atoms with van der Waals surface area (Å²) in [5.41, 5.74) is 5.15. The van der Waals surface area contributed by atoms with Crippen molar-refractivity contribution in [2.24, 2.45) is 0 Å². The van der Waals surface area contributed by atoms with E-state index in [1.54, 1.807) is 20.4 Å². The molecule has 6 nitrogen and oxygen atoms in total. The maximum atomic E-state index is 13.1. The highest BCUT2D eigenvalue weighted by molar-refractivity contribution is 6.11. The first kappa shape index (κ1) is 22.3. The number of carbonyl (C=O) groups excluding carboxylic acids is 1. The van der Waals surface area contributed by atoms with E-state index in [1.807, 2.05) is 57.3 Å². The fourth-order valence-corrected chi connectivity index (χ4v) is 3.57. The van der Waals surface area contributed by atoms with Crippen LogP contribution in [0.25, 0.3) is 0 Å². The van der Waals surface area contributed by atoms with Crippen LogP contribution in [0.4, 0.5) is 5.82 Å². The average Bonchev–Trinajstić information content (AvgIpc) is 2.95. The molecule has 162 valence electrons. The lowest BCUT2D eigenvalue weighted by Gasteiger charge is -2.13. The fraction of sp³-hybridized carbons (Fsp3) is 0.320. The van der Waals surface area contributed by atoms with E-state index in [2.05, 4.69) is 15.3 Å². The molecule has 0 atom stereocenters. The van der Waals surface area contributed by atoms with E-state index in [9.17, 15) is 4.79 Å². The topological polar surface area (TPSA) is 73.3 Å². The molecule has 1 aliphatic rings. The van der Waals surface area contributed by atoms with Crippen molar-refractivity contribution in [3.05, 3.63) is 76.2 Å². The molecule has 0 radical (unpaired) electrons. The number of anilines is 1. The highest BCUT2D eigenvalue weighted by atomic mass is 16.5. The number of methoxy groups -OCH3 is 2. The summed E-state index contributed by atoms with van der Waals surface area (Å²) in [6.07, 6.45) is 5.10. The molecule has 0 unspecified atom stereocenters. The van der Waals surface area contributed by atoms with Crippen molar-refractivity contribution in [1.82, 2.24) is 9.97 Å². The molecule has 0 aliphatic heterocycles. The van der Waals surface area contributed by atoms with E-state index in [-0.39, 0.29) is 5.78 Å². The maximum absolute atomic E-state index is 13.1. The third-order valence-corrected chi connectivity index (χ3v) is 5.17. The van der Waals surface area contributed by atoms with Gasteiger partial charge in [0.15, 0.2) is 5.78 Å². The third-order valence-electron chi connectivity index (χ3n) is 5.17. The van der Waals surface area contributed by atoms with Crippen molar-refractivity contribution in [3.8, 4) is 11.5 Å². The zero-order valence-corrected chi connectivity index (χ0v) is 18.8. The van der Waals surface area contributed by atoms with Gasteiger partial charge in [-0.25, -0.2) is 4.98 Å². The number of fused-ring (bicyclic) bond motifs is 2.